The van der Waals surface area contributed by atoms with Crippen molar-refractivity contribution in [2.45, 2.75) is 76.2 Å². The second kappa shape index (κ2) is 14.6. The first-order valence-electron chi connectivity index (χ1n) is 16.9. The Morgan fingerprint density at radius 3 is 2.40 bits per heavy atom. The highest BCUT2D eigenvalue weighted by Gasteiger charge is 2.29. The van der Waals surface area contributed by atoms with Gasteiger partial charge in [-0.2, -0.15) is 0 Å². The lowest BCUT2D eigenvalue weighted by Crippen LogP contribution is -2.46. The van der Waals surface area contributed by atoms with E-state index in [1.165, 1.54) is 32.4 Å². The van der Waals surface area contributed by atoms with E-state index < -0.39 is 16.5 Å². The molecule has 0 saturated carbocycles. The number of alkyl halides is 1. The van der Waals surface area contributed by atoms with Crippen LogP contribution < -0.4 is 5.32 Å². The molecule has 9 heteroatoms. The molecule has 3 heterocycles. The smallest absolute Gasteiger partial charge is 0.252 e. The van der Waals surface area contributed by atoms with Gasteiger partial charge < -0.3 is 10.2 Å². The second-order valence-electron chi connectivity index (χ2n) is 12.9. The molecule has 248 valence electrons. The van der Waals surface area contributed by atoms with Gasteiger partial charge in [0.1, 0.15) is 6.67 Å². The van der Waals surface area contributed by atoms with Crippen LogP contribution in [0.15, 0.2) is 77.7 Å². The van der Waals surface area contributed by atoms with Crippen LogP contribution in [0.5, 0.6) is 0 Å². The predicted molar refractivity (Wildman–Crippen MR) is 186 cm³/mol. The zero-order valence-electron chi connectivity index (χ0n) is 27.4. The lowest BCUT2D eigenvalue weighted by Gasteiger charge is -2.40. The number of hydrogen-bond acceptors (Lipinski definition) is 6. The standard InChI is InChI=1S/C38H45FN4O3S/c1-3-47(45,46)32-15-16-33-35(24-32)41-37(30-14-10-11-28(23-30)25-39)34(36(33)38(44)40-27(2)29-12-6-4-7-13-29)26-42-21-17-31(18-22-42)43-19-8-5-9-20-43/h4,6-7,10-16,23-24,27,31H,3,5,8-9,17-22,25-26H2,1-2H3,(H,40,44)/t27-/m0/s1. The molecular weight excluding hydrogens is 612 g/mol. The first kappa shape index (κ1) is 33.2. The van der Waals surface area contributed by atoms with E-state index in [0.29, 0.717) is 45.9 Å². The molecule has 3 aromatic carbocycles. The summed E-state index contributed by atoms with van der Waals surface area (Å²) in [5.41, 5.74) is 4.45. The summed E-state index contributed by atoms with van der Waals surface area (Å²) in [5, 5.41) is 3.82. The number of carbonyl (C=O) groups excluding carboxylic acids is 1. The third-order valence-corrected chi connectivity index (χ3v) is 11.6. The number of pyridine rings is 1. The first-order chi connectivity index (χ1) is 22.8. The number of halogens is 1. The summed E-state index contributed by atoms with van der Waals surface area (Å²) in [6.45, 7) is 7.60. The van der Waals surface area contributed by atoms with Crippen molar-refractivity contribution in [2.24, 2.45) is 0 Å². The van der Waals surface area contributed by atoms with Gasteiger partial charge in [0, 0.05) is 29.1 Å². The number of nitrogens with zero attached hydrogens (tertiary/aromatic N) is 3. The lowest BCUT2D eigenvalue weighted by molar-refractivity contribution is 0.0884. The van der Waals surface area contributed by atoms with Gasteiger partial charge in [0.15, 0.2) is 9.84 Å². The average molecular weight is 657 g/mol. The van der Waals surface area contributed by atoms with Crippen LogP contribution in [-0.2, 0) is 23.1 Å². The number of rotatable bonds is 10. The van der Waals surface area contributed by atoms with Crippen LogP contribution in [0.1, 0.15) is 79.0 Å². The van der Waals surface area contributed by atoms with Gasteiger partial charge in [0.05, 0.1) is 33.5 Å². The minimum Gasteiger partial charge on any atom is -0.345 e. The zero-order chi connectivity index (χ0) is 33.0. The normalized spacial score (nSPS) is 17.5. The van der Waals surface area contributed by atoms with Crippen molar-refractivity contribution >= 4 is 26.6 Å². The van der Waals surface area contributed by atoms with Gasteiger partial charge in [-0.15, -0.1) is 0 Å². The summed E-state index contributed by atoms with van der Waals surface area (Å²) >= 11 is 0. The van der Waals surface area contributed by atoms with Gasteiger partial charge in [0.25, 0.3) is 5.91 Å². The fourth-order valence-corrected chi connectivity index (χ4v) is 8.04. The molecule has 1 atom stereocenters. The monoisotopic (exact) mass is 656 g/mol. The molecule has 0 bridgehead atoms. The number of benzene rings is 3. The fraction of sp³-hybridized carbons (Fsp3) is 0.421. The van der Waals surface area contributed by atoms with Crippen molar-refractivity contribution in [3.05, 3.63) is 95.1 Å². The van der Waals surface area contributed by atoms with Crippen LogP contribution in [0.4, 0.5) is 4.39 Å². The second-order valence-corrected chi connectivity index (χ2v) is 15.2. The SMILES string of the molecule is CCS(=O)(=O)c1ccc2c(C(=O)N[C@@H](C)c3ccccc3)c(CN3CCC(N4CCCCC4)CC3)c(-c3cccc(CF)c3)nc2c1. The minimum atomic E-state index is -3.52. The quantitative estimate of drug-likeness (QED) is 0.196. The third kappa shape index (κ3) is 7.42. The summed E-state index contributed by atoms with van der Waals surface area (Å²) in [6.07, 6.45) is 5.99. The number of amides is 1. The van der Waals surface area contributed by atoms with Crippen molar-refractivity contribution in [1.82, 2.24) is 20.1 Å². The molecule has 1 aromatic heterocycles. The molecule has 6 rings (SSSR count). The summed E-state index contributed by atoms with van der Waals surface area (Å²) in [4.78, 5) is 24.7. The molecule has 0 unspecified atom stereocenters. The van der Waals surface area contributed by atoms with Crippen molar-refractivity contribution in [2.75, 3.05) is 31.9 Å². The molecular formula is C38H45FN4O3S. The number of hydrogen-bond donors (Lipinski definition) is 1. The summed E-state index contributed by atoms with van der Waals surface area (Å²) in [5.74, 6) is -0.293. The molecule has 1 amide bonds. The summed E-state index contributed by atoms with van der Waals surface area (Å²) in [6, 6.07) is 22.2. The molecule has 2 aliphatic rings. The molecule has 0 radical (unpaired) electrons. The van der Waals surface area contributed by atoms with Crippen LogP contribution >= 0.6 is 0 Å². The Balaban J connectivity index is 1.46. The molecule has 2 fully saturated rings. The maximum Gasteiger partial charge on any atom is 0.252 e. The average Bonchev–Trinajstić information content (AvgIpc) is 3.12. The highest BCUT2D eigenvalue weighted by Crippen LogP contribution is 2.35. The molecule has 2 saturated heterocycles. The van der Waals surface area contributed by atoms with Gasteiger partial charge in [-0.1, -0.05) is 67.9 Å². The molecule has 1 N–H and O–H groups in total. The van der Waals surface area contributed by atoms with E-state index in [2.05, 4.69) is 15.1 Å². The largest absolute Gasteiger partial charge is 0.345 e. The fourth-order valence-electron chi connectivity index (χ4n) is 7.14. The minimum absolute atomic E-state index is 0.0443. The molecule has 2 aliphatic heterocycles. The van der Waals surface area contributed by atoms with Gasteiger partial charge in [-0.25, -0.2) is 17.8 Å². The number of likely N-dealkylation sites (tertiary alicyclic amines) is 2. The highest BCUT2D eigenvalue weighted by molar-refractivity contribution is 7.91. The van der Waals surface area contributed by atoms with Crippen molar-refractivity contribution < 1.29 is 17.6 Å². The number of sulfone groups is 1. The van der Waals surface area contributed by atoms with Gasteiger partial charge in [0.2, 0.25) is 0 Å². The van der Waals surface area contributed by atoms with Crippen molar-refractivity contribution in [3.8, 4) is 11.3 Å². The van der Waals surface area contributed by atoms with Crippen molar-refractivity contribution in [3.63, 3.8) is 0 Å². The number of aromatic nitrogens is 1. The van der Waals surface area contributed by atoms with E-state index >= 15 is 0 Å². The maximum absolute atomic E-state index is 14.5. The van der Waals surface area contributed by atoms with Crippen molar-refractivity contribution in [1.29, 1.82) is 0 Å². The predicted octanol–water partition coefficient (Wildman–Crippen LogP) is 7.11. The number of carbonyl (C=O) groups is 1. The molecule has 47 heavy (non-hydrogen) atoms. The Labute approximate surface area is 278 Å². The van der Waals surface area contributed by atoms with Gasteiger partial charge >= 0.3 is 0 Å². The number of nitrogens with one attached hydrogen (secondary N) is 1. The Morgan fingerprint density at radius 2 is 1.70 bits per heavy atom. The van der Waals surface area contributed by atoms with Gasteiger partial charge in [-0.05, 0) is 88.1 Å². The Kier molecular flexibility index (Phi) is 10.3. The summed E-state index contributed by atoms with van der Waals surface area (Å²) < 4.78 is 39.7. The topological polar surface area (TPSA) is 82.6 Å². The van der Waals surface area contributed by atoms with E-state index in [4.69, 9.17) is 4.98 Å². The van der Waals surface area contributed by atoms with Gasteiger partial charge in [-0.3, -0.25) is 9.69 Å². The van der Waals surface area contributed by atoms with E-state index in [0.717, 1.165) is 37.1 Å². The van der Waals surface area contributed by atoms with Crippen LogP contribution in [0.3, 0.4) is 0 Å². The molecule has 0 aliphatic carbocycles. The van der Waals surface area contributed by atoms with E-state index in [1.54, 1.807) is 43.3 Å². The Bertz CT molecular complexity index is 1820. The number of fused-ring (bicyclic) bond motifs is 1. The zero-order valence-corrected chi connectivity index (χ0v) is 28.2. The van der Waals surface area contributed by atoms with E-state index in [-0.39, 0.29) is 22.6 Å². The molecule has 4 aromatic rings. The third-order valence-electron chi connectivity index (χ3n) is 9.87. The summed E-state index contributed by atoms with van der Waals surface area (Å²) in [7, 11) is -3.52. The first-order valence-corrected chi connectivity index (χ1v) is 18.6. The maximum atomic E-state index is 14.5. The van der Waals surface area contributed by atoms with Crippen LogP contribution in [0, 0.1) is 0 Å². The van der Waals surface area contributed by atoms with Crippen LogP contribution in [0.2, 0.25) is 0 Å². The van der Waals surface area contributed by atoms with E-state index in [1.807, 2.05) is 43.3 Å². The highest BCUT2D eigenvalue weighted by atomic mass is 32.2. The van der Waals surface area contributed by atoms with Crippen LogP contribution in [-0.4, -0.2) is 67.1 Å². The number of piperidine rings is 2. The Morgan fingerprint density at radius 1 is 0.957 bits per heavy atom. The Hall–Kier alpha value is -3.66. The molecule has 7 nitrogen and oxygen atoms in total. The van der Waals surface area contributed by atoms with E-state index in [9.17, 15) is 17.6 Å². The molecule has 0 spiro atoms. The van der Waals surface area contributed by atoms with Crippen LogP contribution in [0.25, 0.3) is 22.2 Å². The lowest BCUT2D eigenvalue weighted by atomic mass is 9.93.